The van der Waals surface area contributed by atoms with E-state index in [1.165, 1.54) is 25.7 Å². The smallest absolute Gasteiger partial charge is 0.223 e. The zero-order valence-electron chi connectivity index (χ0n) is 12.5. The monoisotopic (exact) mass is 266 g/mol. The van der Waals surface area contributed by atoms with E-state index < -0.39 is 0 Å². The standard InChI is InChI=1S/C16H30N2O/c1-11-5-3-4-6-14(11)10-18-16(19)13-7-8-15(17)12(2)9-13/h11-15H,3-10,17H2,1-2H3,(H,18,19). The topological polar surface area (TPSA) is 55.1 Å². The Bertz CT molecular complexity index is 305. The van der Waals surface area contributed by atoms with Crippen LogP contribution in [0.3, 0.4) is 0 Å². The van der Waals surface area contributed by atoms with Gasteiger partial charge in [-0.25, -0.2) is 0 Å². The van der Waals surface area contributed by atoms with Crippen molar-refractivity contribution in [2.75, 3.05) is 6.54 Å². The Labute approximate surface area is 117 Å². The Morgan fingerprint density at radius 3 is 2.53 bits per heavy atom. The van der Waals surface area contributed by atoms with Crippen molar-refractivity contribution in [2.45, 2.75) is 64.8 Å². The van der Waals surface area contributed by atoms with Crippen molar-refractivity contribution in [1.82, 2.24) is 5.32 Å². The number of hydrogen-bond acceptors (Lipinski definition) is 2. The summed E-state index contributed by atoms with van der Waals surface area (Å²) < 4.78 is 0. The van der Waals surface area contributed by atoms with Gasteiger partial charge in [0, 0.05) is 18.5 Å². The summed E-state index contributed by atoms with van der Waals surface area (Å²) in [4.78, 5) is 12.2. The molecule has 0 radical (unpaired) electrons. The molecular weight excluding hydrogens is 236 g/mol. The lowest BCUT2D eigenvalue weighted by molar-refractivity contribution is -0.126. The first-order chi connectivity index (χ1) is 9.08. The van der Waals surface area contributed by atoms with Gasteiger partial charge in [0.2, 0.25) is 5.91 Å². The van der Waals surface area contributed by atoms with Gasteiger partial charge in [0.1, 0.15) is 0 Å². The summed E-state index contributed by atoms with van der Waals surface area (Å²) in [6.45, 7) is 5.39. The highest BCUT2D eigenvalue weighted by Gasteiger charge is 2.30. The van der Waals surface area contributed by atoms with E-state index >= 15 is 0 Å². The highest BCUT2D eigenvalue weighted by atomic mass is 16.1. The molecule has 0 aromatic carbocycles. The molecule has 3 N–H and O–H groups in total. The quantitative estimate of drug-likeness (QED) is 0.825. The van der Waals surface area contributed by atoms with Crippen molar-refractivity contribution in [3.8, 4) is 0 Å². The first-order valence-corrected chi connectivity index (χ1v) is 8.11. The zero-order chi connectivity index (χ0) is 13.8. The molecule has 0 aromatic heterocycles. The van der Waals surface area contributed by atoms with E-state index in [1.807, 2.05) is 0 Å². The van der Waals surface area contributed by atoms with E-state index in [0.717, 1.165) is 31.7 Å². The lowest BCUT2D eigenvalue weighted by atomic mass is 9.78. The van der Waals surface area contributed by atoms with Gasteiger partial charge in [0.15, 0.2) is 0 Å². The van der Waals surface area contributed by atoms with Gasteiger partial charge in [0.05, 0.1) is 0 Å². The summed E-state index contributed by atoms with van der Waals surface area (Å²) in [7, 11) is 0. The molecule has 2 aliphatic carbocycles. The van der Waals surface area contributed by atoms with Crippen molar-refractivity contribution >= 4 is 5.91 Å². The Balaban J connectivity index is 1.75. The second-order valence-electron chi connectivity index (χ2n) is 6.92. The average Bonchev–Trinajstić information content (AvgIpc) is 2.40. The molecule has 5 unspecified atom stereocenters. The van der Waals surface area contributed by atoms with Crippen molar-refractivity contribution < 1.29 is 4.79 Å². The van der Waals surface area contributed by atoms with Crippen LogP contribution >= 0.6 is 0 Å². The van der Waals surface area contributed by atoms with Crippen LogP contribution in [0.15, 0.2) is 0 Å². The molecule has 0 bridgehead atoms. The van der Waals surface area contributed by atoms with Gasteiger partial charge in [-0.05, 0) is 43.4 Å². The van der Waals surface area contributed by atoms with Crippen LogP contribution in [-0.4, -0.2) is 18.5 Å². The highest BCUT2D eigenvalue weighted by molar-refractivity contribution is 5.78. The molecule has 3 nitrogen and oxygen atoms in total. The van der Waals surface area contributed by atoms with Crippen LogP contribution < -0.4 is 11.1 Å². The van der Waals surface area contributed by atoms with Gasteiger partial charge in [-0.15, -0.1) is 0 Å². The molecule has 2 aliphatic rings. The van der Waals surface area contributed by atoms with E-state index in [4.69, 9.17) is 5.73 Å². The minimum atomic E-state index is 0.202. The first-order valence-electron chi connectivity index (χ1n) is 8.11. The molecule has 1 amide bonds. The van der Waals surface area contributed by atoms with Crippen LogP contribution in [0.25, 0.3) is 0 Å². The molecule has 110 valence electrons. The minimum absolute atomic E-state index is 0.202. The van der Waals surface area contributed by atoms with E-state index in [9.17, 15) is 4.79 Å². The third kappa shape index (κ3) is 3.95. The number of carbonyl (C=O) groups excluding carboxylic acids is 1. The predicted molar refractivity (Wildman–Crippen MR) is 78.6 cm³/mol. The summed E-state index contributed by atoms with van der Waals surface area (Å²) >= 11 is 0. The Kier molecular flexibility index (Phi) is 5.26. The van der Waals surface area contributed by atoms with Gasteiger partial charge in [-0.1, -0.05) is 33.1 Å². The van der Waals surface area contributed by atoms with Crippen LogP contribution in [0.5, 0.6) is 0 Å². The number of rotatable bonds is 3. The van der Waals surface area contributed by atoms with E-state index in [1.54, 1.807) is 0 Å². The molecule has 3 heteroatoms. The third-order valence-electron chi connectivity index (χ3n) is 5.43. The molecule has 2 rings (SSSR count). The Morgan fingerprint density at radius 2 is 1.84 bits per heavy atom. The molecule has 2 fully saturated rings. The molecule has 2 saturated carbocycles. The summed E-state index contributed by atoms with van der Waals surface area (Å²) in [5, 5.41) is 3.21. The second kappa shape index (κ2) is 6.74. The fraction of sp³-hybridized carbons (Fsp3) is 0.938. The maximum atomic E-state index is 12.2. The number of nitrogens with one attached hydrogen (secondary N) is 1. The SMILES string of the molecule is CC1CC(C(=O)NCC2CCCCC2C)CCC1N. The molecular formula is C16H30N2O. The molecule has 0 heterocycles. The normalized spacial score (nSPS) is 39.8. The number of hydrogen-bond donors (Lipinski definition) is 2. The van der Waals surface area contributed by atoms with Crippen molar-refractivity contribution in [3.05, 3.63) is 0 Å². The van der Waals surface area contributed by atoms with Gasteiger partial charge >= 0.3 is 0 Å². The van der Waals surface area contributed by atoms with E-state index in [0.29, 0.717) is 17.9 Å². The summed E-state index contributed by atoms with van der Waals surface area (Å²) in [6, 6.07) is 0.294. The highest BCUT2D eigenvalue weighted by Crippen LogP contribution is 2.30. The Hall–Kier alpha value is -0.570. The average molecular weight is 266 g/mol. The molecule has 0 aliphatic heterocycles. The summed E-state index contributed by atoms with van der Waals surface area (Å²) in [5.41, 5.74) is 6.02. The van der Waals surface area contributed by atoms with Crippen LogP contribution in [0.4, 0.5) is 0 Å². The second-order valence-corrected chi connectivity index (χ2v) is 6.92. The van der Waals surface area contributed by atoms with E-state index in [2.05, 4.69) is 19.2 Å². The largest absolute Gasteiger partial charge is 0.356 e. The van der Waals surface area contributed by atoms with Gasteiger partial charge < -0.3 is 11.1 Å². The van der Waals surface area contributed by atoms with Crippen LogP contribution in [0, 0.1) is 23.7 Å². The van der Waals surface area contributed by atoms with Crippen molar-refractivity contribution in [2.24, 2.45) is 29.4 Å². The number of nitrogens with two attached hydrogens (primary N) is 1. The van der Waals surface area contributed by atoms with Crippen molar-refractivity contribution in [3.63, 3.8) is 0 Å². The predicted octanol–water partition coefficient (Wildman–Crippen LogP) is 2.69. The lowest BCUT2D eigenvalue weighted by Gasteiger charge is -2.32. The van der Waals surface area contributed by atoms with Crippen molar-refractivity contribution in [1.29, 1.82) is 0 Å². The molecule has 19 heavy (non-hydrogen) atoms. The van der Waals surface area contributed by atoms with Crippen LogP contribution in [-0.2, 0) is 4.79 Å². The molecule has 5 atom stereocenters. The maximum Gasteiger partial charge on any atom is 0.223 e. The first kappa shape index (κ1) is 14.8. The minimum Gasteiger partial charge on any atom is -0.356 e. The fourth-order valence-corrected chi connectivity index (χ4v) is 3.73. The van der Waals surface area contributed by atoms with Crippen LogP contribution in [0.1, 0.15) is 58.8 Å². The maximum absolute atomic E-state index is 12.2. The summed E-state index contributed by atoms with van der Waals surface area (Å²) in [5.74, 6) is 2.43. The molecule has 0 spiro atoms. The van der Waals surface area contributed by atoms with Crippen LogP contribution in [0.2, 0.25) is 0 Å². The zero-order valence-corrected chi connectivity index (χ0v) is 12.5. The van der Waals surface area contributed by atoms with E-state index in [-0.39, 0.29) is 11.8 Å². The van der Waals surface area contributed by atoms with Gasteiger partial charge in [-0.3, -0.25) is 4.79 Å². The summed E-state index contributed by atoms with van der Waals surface area (Å²) in [6.07, 6.45) is 8.25. The van der Waals surface area contributed by atoms with Gasteiger partial charge in [-0.2, -0.15) is 0 Å². The lowest BCUT2D eigenvalue weighted by Crippen LogP contribution is -2.42. The number of amides is 1. The third-order valence-corrected chi connectivity index (χ3v) is 5.43. The number of carbonyl (C=O) groups is 1. The van der Waals surface area contributed by atoms with Gasteiger partial charge in [0.25, 0.3) is 0 Å². The fourth-order valence-electron chi connectivity index (χ4n) is 3.73. The Morgan fingerprint density at radius 1 is 1.11 bits per heavy atom. The molecule has 0 saturated heterocycles. The molecule has 0 aromatic rings.